The van der Waals surface area contributed by atoms with Crippen LogP contribution in [0.1, 0.15) is 46.0 Å². The van der Waals surface area contributed by atoms with E-state index in [2.05, 4.69) is 22.1 Å². The van der Waals surface area contributed by atoms with Crippen LogP contribution in [0.2, 0.25) is 0 Å². The van der Waals surface area contributed by atoms with Gasteiger partial charge in [-0.25, -0.2) is 4.79 Å². The standard InChI is InChI=1S/C15H19N3O3S3/c1-6-22-14-17-18-15(24-14)23-9(4)12(19)11-7(2)10(8(3)16-11)13(20)21-5/h9,16H,6H2,1-5H3/t9-/m0/s1. The number of carbonyl (C=O) groups excluding carboxylic acids is 2. The number of aromatic amines is 1. The van der Waals surface area contributed by atoms with Gasteiger partial charge in [0.2, 0.25) is 0 Å². The molecule has 0 amide bonds. The van der Waals surface area contributed by atoms with Gasteiger partial charge in [0.25, 0.3) is 0 Å². The molecule has 0 aromatic carbocycles. The van der Waals surface area contributed by atoms with Gasteiger partial charge in [-0.15, -0.1) is 10.2 Å². The zero-order valence-corrected chi connectivity index (χ0v) is 16.6. The second kappa shape index (κ2) is 8.17. The minimum absolute atomic E-state index is 0.0735. The van der Waals surface area contributed by atoms with Crippen LogP contribution >= 0.6 is 34.9 Å². The monoisotopic (exact) mass is 385 g/mol. The van der Waals surface area contributed by atoms with Gasteiger partial charge in [-0.05, 0) is 32.1 Å². The number of H-pyrrole nitrogens is 1. The van der Waals surface area contributed by atoms with Crippen molar-refractivity contribution in [1.82, 2.24) is 15.2 Å². The number of aryl methyl sites for hydroxylation is 1. The smallest absolute Gasteiger partial charge is 0.339 e. The predicted octanol–water partition coefficient (Wildman–Crippen LogP) is 3.75. The number of carbonyl (C=O) groups is 2. The van der Waals surface area contributed by atoms with E-state index in [0.29, 0.717) is 22.5 Å². The summed E-state index contributed by atoms with van der Waals surface area (Å²) in [5.41, 5.74) is 2.13. The van der Waals surface area contributed by atoms with E-state index in [1.165, 1.54) is 30.2 Å². The summed E-state index contributed by atoms with van der Waals surface area (Å²) in [6.45, 7) is 7.39. The van der Waals surface area contributed by atoms with E-state index in [9.17, 15) is 9.59 Å². The molecular weight excluding hydrogens is 366 g/mol. The van der Waals surface area contributed by atoms with Crippen LogP contribution in [0.5, 0.6) is 0 Å². The Labute approximate surface area is 153 Å². The molecule has 2 heterocycles. The second-order valence-corrected chi connectivity index (χ2v) is 9.08. The summed E-state index contributed by atoms with van der Waals surface area (Å²) in [5.74, 6) is 0.423. The Hall–Kier alpha value is -1.32. The fourth-order valence-electron chi connectivity index (χ4n) is 2.24. The summed E-state index contributed by atoms with van der Waals surface area (Å²) in [6, 6.07) is 0. The highest BCUT2D eigenvalue weighted by Crippen LogP contribution is 2.32. The van der Waals surface area contributed by atoms with Crippen molar-refractivity contribution in [2.75, 3.05) is 12.9 Å². The lowest BCUT2D eigenvalue weighted by molar-refractivity contribution is 0.0599. The molecule has 1 N–H and O–H groups in total. The summed E-state index contributed by atoms with van der Waals surface area (Å²) in [6.07, 6.45) is 0. The van der Waals surface area contributed by atoms with Crippen LogP contribution in [-0.2, 0) is 4.74 Å². The van der Waals surface area contributed by atoms with Crippen molar-refractivity contribution in [1.29, 1.82) is 0 Å². The molecule has 0 spiro atoms. The van der Waals surface area contributed by atoms with Crippen LogP contribution in [0.25, 0.3) is 0 Å². The van der Waals surface area contributed by atoms with Crippen molar-refractivity contribution in [2.45, 2.75) is 41.6 Å². The van der Waals surface area contributed by atoms with Gasteiger partial charge in [0.1, 0.15) is 0 Å². The molecule has 0 saturated heterocycles. The minimum atomic E-state index is -0.439. The van der Waals surface area contributed by atoms with E-state index in [1.807, 2.05) is 6.92 Å². The number of hydrogen-bond acceptors (Lipinski definition) is 8. The number of hydrogen-bond donors (Lipinski definition) is 1. The highest BCUT2D eigenvalue weighted by Gasteiger charge is 2.26. The van der Waals surface area contributed by atoms with Crippen LogP contribution in [0.3, 0.4) is 0 Å². The third-order valence-electron chi connectivity index (χ3n) is 3.38. The third kappa shape index (κ3) is 4.01. The molecule has 0 unspecified atom stereocenters. The lowest BCUT2D eigenvalue weighted by Crippen LogP contribution is -2.15. The van der Waals surface area contributed by atoms with E-state index in [4.69, 9.17) is 4.74 Å². The molecule has 0 radical (unpaired) electrons. The molecule has 6 nitrogen and oxygen atoms in total. The number of nitrogens with one attached hydrogen (secondary N) is 1. The van der Waals surface area contributed by atoms with Crippen molar-refractivity contribution in [3.8, 4) is 0 Å². The summed E-state index contributed by atoms with van der Waals surface area (Å²) in [7, 11) is 1.33. The normalized spacial score (nSPS) is 12.2. The molecule has 0 aliphatic heterocycles. The van der Waals surface area contributed by atoms with Crippen molar-refractivity contribution in [3.63, 3.8) is 0 Å². The third-order valence-corrected chi connectivity index (χ3v) is 6.50. The summed E-state index contributed by atoms with van der Waals surface area (Å²) in [5, 5.41) is 7.87. The van der Waals surface area contributed by atoms with E-state index >= 15 is 0 Å². The number of ether oxygens (including phenoxy) is 1. The van der Waals surface area contributed by atoms with Crippen molar-refractivity contribution in [2.24, 2.45) is 0 Å². The van der Waals surface area contributed by atoms with Crippen LogP contribution in [0.4, 0.5) is 0 Å². The quantitative estimate of drug-likeness (QED) is 0.441. The van der Waals surface area contributed by atoms with E-state index in [1.54, 1.807) is 25.6 Å². The summed E-state index contributed by atoms with van der Waals surface area (Å²) >= 11 is 4.49. The number of thioether (sulfide) groups is 2. The van der Waals surface area contributed by atoms with Gasteiger partial charge in [-0.1, -0.05) is 41.8 Å². The number of rotatable bonds is 7. The number of Topliss-reactive ketones (excluding diaryl/α,β-unsaturated/α-hetero) is 1. The SMILES string of the molecule is CCSc1nnc(S[C@@H](C)C(=O)c2[nH]c(C)c(C(=O)OC)c2C)s1. The van der Waals surface area contributed by atoms with Crippen LogP contribution in [0.15, 0.2) is 8.68 Å². The fourth-order valence-corrected chi connectivity index (χ4v) is 5.36. The second-order valence-electron chi connectivity index (χ2n) is 5.01. The molecular formula is C15H19N3O3S3. The minimum Gasteiger partial charge on any atom is -0.465 e. The number of nitrogens with zero attached hydrogens (tertiary/aromatic N) is 2. The van der Waals surface area contributed by atoms with Crippen LogP contribution in [-0.4, -0.2) is 45.0 Å². The Balaban J connectivity index is 2.17. The molecule has 1 atom stereocenters. The molecule has 0 fully saturated rings. The Morgan fingerprint density at radius 1 is 1.29 bits per heavy atom. The highest BCUT2D eigenvalue weighted by molar-refractivity contribution is 8.03. The van der Waals surface area contributed by atoms with E-state index in [-0.39, 0.29) is 11.0 Å². The first-order valence-electron chi connectivity index (χ1n) is 7.33. The maximum atomic E-state index is 12.7. The zero-order chi connectivity index (χ0) is 17.9. The Bertz CT molecular complexity index is 754. The van der Waals surface area contributed by atoms with Crippen LogP contribution < -0.4 is 0 Å². The first-order chi connectivity index (χ1) is 11.4. The first kappa shape index (κ1) is 19.0. The van der Waals surface area contributed by atoms with Gasteiger partial charge in [0.15, 0.2) is 14.5 Å². The van der Waals surface area contributed by atoms with Gasteiger partial charge < -0.3 is 9.72 Å². The van der Waals surface area contributed by atoms with Gasteiger partial charge >= 0.3 is 5.97 Å². The molecule has 0 saturated carbocycles. The predicted molar refractivity (Wildman–Crippen MR) is 97.6 cm³/mol. The molecule has 9 heteroatoms. The lowest BCUT2D eigenvalue weighted by atomic mass is 10.1. The lowest BCUT2D eigenvalue weighted by Gasteiger charge is -2.07. The van der Waals surface area contributed by atoms with Crippen molar-refractivity contribution in [3.05, 3.63) is 22.5 Å². The largest absolute Gasteiger partial charge is 0.465 e. The average molecular weight is 386 g/mol. The van der Waals surface area contributed by atoms with Crippen LogP contribution in [0, 0.1) is 13.8 Å². The molecule has 130 valence electrons. The van der Waals surface area contributed by atoms with Gasteiger partial charge in [-0.2, -0.15) is 0 Å². The van der Waals surface area contributed by atoms with Gasteiger partial charge in [-0.3, -0.25) is 4.79 Å². The molecule has 2 rings (SSSR count). The molecule has 0 aliphatic carbocycles. The molecule has 2 aromatic rings. The molecule has 0 bridgehead atoms. The molecule has 0 aliphatic rings. The first-order valence-corrected chi connectivity index (χ1v) is 10.0. The van der Waals surface area contributed by atoms with Crippen molar-refractivity contribution < 1.29 is 14.3 Å². The summed E-state index contributed by atoms with van der Waals surface area (Å²) in [4.78, 5) is 27.6. The number of methoxy groups -OCH3 is 1. The Kier molecular flexibility index (Phi) is 6.47. The maximum absolute atomic E-state index is 12.7. The number of ketones is 1. The number of aromatic nitrogens is 3. The average Bonchev–Trinajstić information content (AvgIpc) is 3.10. The zero-order valence-electron chi connectivity index (χ0n) is 14.1. The topological polar surface area (TPSA) is 84.9 Å². The molecule has 24 heavy (non-hydrogen) atoms. The Morgan fingerprint density at radius 3 is 2.58 bits per heavy atom. The maximum Gasteiger partial charge on any atom is 0.339 e. The van der Waals surface area contributed by atoms with E-state index < -0.39 is 5.97 Å². The highest BCUT2D eigenvalue weighted by atomic mass is 32.2. The van der Waals surface area contributed by atoms with Gasteiger partial charge in [0, 0.05) is 5.69 Å². The summed E-state index contributed by atoms with van der Waals surface area (Å²) < 4.78 is 6.45. The fraction of sp³-hybridized carbons (Fsp3) is 0.467. The number of esters is 1. The van der Waals surface area contributed by atoms with Crippen molar-refractivity contribution >= 4 is 46.6 Å². The Morgan fingerprint density at radius 2 is 1.96 bits per heavy atom. The van der Waals surface area contributed by atoms with E-state index in [0.717, 1.165) is 14.4 Å². The molecule has 2 aromatic heterocycles. The van der Waals surface area contributed by atoms with Gasteiger partial charge in [0.05, 0.1) is 23.6 Å².